The lowest BCUT2D eigenvalue weighted by atomic mass is 10.1. The SMILES string of the molecule is NCc1nnn(-c2ccccc2F)c1-c1ccc(Cl)cc1. The van der Waals surface area contributed by atoms with Crippen LogP contribution in [-0.2, 0) is 6.54 Å². The molecule has 0 saturated carbocycles. The molecule has 0 amide bonds. The van der Waals surface area contributed by atoms with Crippen LogP contribution in [0.4, 0.5) is 4.39 Å². The van der Waals surface area contributed by atoms with E-state index in [1.54, 1.807) is 30.3 Å². The Morgan fingerprint density at radius 1 is 1.10 bits per heavy atom. The topological polar surface area (TPSA) is 56.7 Å². The number of halogens is 2. The van der Waals surface area contributed by atoms with E-state index in [1.807, 2.05) is 12.1 Å². The van der Waals surface area contributed by atoms with Gasteiger partial charge in [0, 0.05) is 17.1 Å². The van der Waals surface area contributed by atoms with Gasteiger partial charge in [-0.15, -0.1) is 5.10 Å². The maximum absolute atomic E-state index is 14.0. The smallest absolute Gasteiger partial charge is 0.148 e. The van der Waals surface area contributed by atoms with Crippen molar-refractivity contribution in [1.82, 2.24) is 15.0 Å². The Labute approximate surface area is 126 Å². The molecular formula is C15H12ClFN4. The summed E-state index contributed by atoms with van der Waals surface area (Å²) in [5.41, 5.74) is 8.13. The molecule has 3 aromatic rings. The molecule has 0 bridgehead atoms. The Bertz CT molecular complexity index is 768. The maximum Gasteiger partial charge on any atom is 0.148 e. The molecule has 0 aliphatic heterocycles. The molecule has 0 unspecified atom stereocenters. The fourth-order valence-corrected chi connectivity index (χ4v) is 2.27. The molecule has 4 nitrogen and oxygen atoms in total. The minimum Gasteiger partial charge on any atom is -0.325 e. The fraction of sp³-hybridized carbons (Fsp3) is 0.0667. The summed E-state index contributed by atoms with van der Waals surface area (Å²) < 4.78 is 15.5. The van der Waals surface area contributed by atoms with E-state index in [2.05, 4.69) is 10.3 Å². The van der Waals surface area contributed by atoms with Crippen LogP contribution in [0.3, 0.4) is 0 Å². The van der Waals surface area contributed by atoms with Gasteiger partial charge in [-0.05, 0) is 24.3 Å². The van der Waals surface area contributed by atoms with Crippen LogP contribution < -0.4 is 5.73 Å². The first kappa shape index (κ1) is 13.7. The average molecular weight is 303 g/mol. The minimum absolute atomic E-state index is 0.215. The molecule has 0 aliphatic carbocycles. The molecule has 0 radical (unpaired) electrons. The first-order chi connectivity index (χ1) is 10.2. The predicted octanol–water partition coefficient (Wildman–Crippen LogP) is 3.19. The number of para-hydroxylation sites is 1. The summed E-state index contributed by atoms with van der Waals surface area (Å²) in [6.45, 7) is 0.215. The fourth-order valence-electron chi connectivity index (χ4n) is 2.14. The van der Waals surface area contributed by atoms with Crippen molar-refractivity contribution in [1.29, 1.82) is 0 Å². The Hall–Kier alpha value is -2.24. The molecule has 0 atom stereocenters. The van der Waals surface area contributed by atoms with Crippen LogP contribution in [0.15, 0.2) is 48.5 Å². The molecule has 0 spiro atoms. The summed E-state index contributed by atoms with van der Waals surface area (Å²) in [7, 11) is 0. The quantitative estimate of drug-likeness (QED) is 0.808. The highest BCUT2D eigenvalue weighted by atomic mass is 35.5. The Morgan fingerprint density at radius 2 is 1.81 bits per heavy atom. The highest BCUT2D eigenvalue weighted by molar-refractivity contribution is 6.30. The number of nitrogens with zero attached hydrogens (tertiary/aromatic N) is 3. The van der Waals surface area contributed by atoms with Crippen LogP contribution in [0.5, 0.6) is 0 Å². The lowest BCUT2D eigenvalue weighted by Gasteiger charge is -2.09. The van der Waals surface area contributed by atoms with Crippen LogP contribution in [0.25, 0.3) is 16.9 Å². The number of benzene rings is 2. The highest BCUT2D eigenvalue weighted by Gasteiger charge is 2.17. The predicted molar refractivity (Wildman–Crippen MR) is 79.7 cm³/mol. The Balaban J connectivity index is 2.22. The molecular weight excluding hydrogens is 291 g/mol. The van der Waals surface area contributed by atoms with Gasteiger partial charge in [0.15, 0.2) is 0 Å². The summed E-state index contributed by atoms with van der Waals surface area (Å²) in [5.74, 6) is -0.374. The van der Waals surface area contributed by atoms with Crippen LogP contribution in [0.2, 0.25) is 5.02 Å². The van der Waals surface area contributed by atoms with E-state index in [9.17, 15) is 4.39 Å². The normalized spacial score (nSPS) is 10.8. The third kappa shape index (κ3) is 2.53. The molecule has 106 valence electrons. The van der Waals surface area contributed by atoms with Gasteiger partial charge in [-0.2, -0.15) is 0 Å². The number of nitrogens with two attached hydrogens (primary N) is 1. The summed E-state index contributed by atoms with van der Waals surface area (Å²) >= 11 is 5.91. The van der Waals surface area contributed by atoms with E-state index in [1.165, 1.54) is 10.7 Å². The van der Waals surface area contributed by atoms with Gasteiger partial charge in [-0.3, -0.25) is 0 Å². The Kier molecular flexibility index (Phi) is 3.68. The second kappa shape index (κ2) is 5.63. The number of hydrogen-bond acceptors (Lipinski definition) is 3. The molecule has 1 aromatic heterocycles. The molecule has 0 saturated heterocycles. The van der Waals surface area contributed by atoms with Crippen LogP contribution in [0.1, 0.15) is 5.69 Å². The zero-order valence-corrected chi connectivity index (χ0v) is 11.8. The van der Waals surface area contributed by atoms with Gasteiger partial charge >= 0.3 is 0 Å². The molecule has 2 N–H and O–H groups in total. The third-order valence-corrected chi connectivity index (χ3v) is 3.38. The Morgan fingerprint density at radius 3 is 2.48 bits per heavy atom. The molecule has 1 heterocycles. The molecule has 2 aromatic carbocycles. The van der Waals surface area contributed by atoms with E-state index < -0.39 is 0 Å². The molecule has 0 fully saturated rings. The van der Waals surface area contributed by atoms with Gasteiger partial charge < -0.3 is 5.73 Å². The summed E-state index contributed by atoms with van der Waals surface area (Å²) in [6.07, 6.45) is 0. The molecule has 6 heteroatoms. The first-order valence-corrected chi connectivity index (χ1v) is 6.74. The van der Waals surface area contributed by atoms with Crippen molar-refractivity contribution in [3.63, 3.8) is 0 Å². The van der Waals surface area contributed by atoms with E-state index in [-0.39, 0.29) is 12.4 Å². The average Bonchev–Trinajstić information content (AvgIpc) is 2.92. The van der Waals surface area contributed by atoms with E-state index in [0.717, 1.165) is 5.56 Å². The molecule has 21 heavy (non-hydrogen) atoms. The van der Waals surface area contributed by atoms with Crippen molar-refractivity contribution < 1.29 is 4.39 Å². The van der Waals surface area contributed by atoms with Crippen molar-refractivity contribution >= 4 is 11.6 Å². The third-order valence-electron chi connectivity index (χ3n) is 3.13. The summed E-state index contributed by atoms with van der Waals surface area (Å²) in [6, 6.07) is 13.6. The van der Waals surface area contributed by atoms with Crippen LogP contribution in [0, 0.1) is 5.82 Å². The zero-order chi connectivity index (χ0) is 14.8. The number of aromatic nitrogens is 3. The van der Waals surface area contributed by atoms with Crippen molar-refractivity contribution in [3.8, 4) is 16.9 Å². The van der Waals surface area contributed by atoms with Crippen molar-refractivity contribution in [3.05, 3.63) is 65.1 Å². The standard InChI is InChI=1S/C15H12ClFN4/c16-11-7-5-10(6-8-11)15-13(9-18)19-20-21(15)14-4-2-1-3-12(14)17/h1-8H,9,18H2. The van der Waals surface area contributed by atoms with Gasteiger partial charge in [-0.25, -0.2) is 9.07 Å². The molecule has 0 aliphatic rings. The van der Waals surface area contributed by atoms with Crippen molar-refractivity contribution in [2.75, 3.05) is 0 Å². The van der Waals surface area contributed by atoms with Crippen LogP contribution >= 0.6 is 11.6 Å². The maximum atomic E-state index is 14.0. The van der Waals surface area contributed by atoms with Crippen LogP contribution in [-0.4, -0.2) is 15.0 Å². The van der Waals surface area contributed by atoms with E-state index in [0.29, 0.717) is 22.1 Å². The van der Waals surface area contributed by atoms with Gasteiger partial charge in [-0.1, -0.05) is 41.1 Å². The monoisotopic (exact) mass is 302 g/mol. The largest absolute Gasteiger partial charge is 0.325 e. The number of hydrogen-bond donors (Lipinski definition) is 1. The van der Waals surface area contributed by atoms with Gasteiger partial charge in [0.05, 0.1) is 5.69 Å². The lowest BCUT2D eigenvalue weighted by molar-refractivity contribution is 0.608. The second-order valence-corrected chi connectivity index (χ2v) is 4.90. The minimum atomic E-state index is -0.374. The van der Waals surface area contributed by atoms with Crippen molar-refractivity contribution in [2.24, 2.45) is 5.73 Å². The first-order valence-electron chi connectivity index (χ1n) is 6.36. The van der Waals surface area contributed by atoms with Gasteiger partial charge in [0.25, 0.3) is 0 Å². The molecule has 3 rings (SSSR count). The summed E-state index contributed by atoms with van der Waals surface area (Å²) in [5, 5.41) is 8.69. The summed E-state index contributed by atoms with van der Waals surface area (Å²) in [4.78, 5) is 0. The van der Waals surface area contributed by atoms with Gasteiger partial charge in [0.2, 0.25) is 0 Å². The van der Waals surface area contributed by atoms with E-state index in [4.69, 9.17) is 17.3 Å². The highest BCUT2D eigenvalue weighted by Crippen LogP contribution is 2.27. The van der Waals surface area contributed by atoms with Gasteiger partial charge in [0.1, 0.15) is 17.2 Å². The lowest BCUT2D eigenvalue weighted by Crippen LogP contribution is -2.04. The number of rotatable bonds is 3. The second-order valence-electron chi connectivity index (χ2n) is 4.46. The zero-order valence-electron chi connectivity index (χ0n) is 11.0. The van der Waals surface area contributed by atoms with Crippen molar-refractivity contribution in [2.45, 2.75) is 6.54 Å². The van der Waals surface area contributed by atoms with E-state index >= 15 is 0 Å².